The standard InChI is InChI=1S/C19H28N4O3/c24-18(20-11-14-5-8-26-9-6-14)10-17-13-22(19(25)15-2-1-3-15)12-16-4-7-21-23(16)17/h4,7,14-15,17H,1-3,5-6,8-13H2,(H,20,24)/t17-/m1/s1. The summed E-state index contributed by atoms with van der Waals surface area (Å²) >= 11 is 0. The first kappa shape index (κ1) is 17.5. The fourth-order valence-electron chi connectivity index (χ4n) is 4.11. The van der Waals surface area contributed by atoms with Crippen molar-refractivity contribution < 1.29 is 14.3 Å². The van der Waals surface area contributed by atoms with Crippen molar-refractivity contribution in [2.75, 3.05) is 26.3 Å². The number of carbonyl (C=O) groups excluding carboxylic acids is 2. The van der Waals surface area contributed by atoms with Gasteiger partial charge in [0.25, 0.3) is 0 Å². The van der Waals surface area contributed by atoms with Crippen molar-refractivity contribution >= 4 is 11.8 Å². The fourth-order valence-corrected chi connectivity index (χ4v) is 4.11. The van der Waals surface area contributed by atoms with Crippen molar-refractivity contribution in [2.24, 2.45) is 11.8 Å². The summed E-state index contributed by atoms with van der Waals surface area (Å²) in [7, 11) is 0. The normalized spacial score (nSPS) is 24.0. The van der Waals surface area contributed by atoms with Gasteiger partial charge in [-0.3, -0.25) is 14.3 Å². The van der Waals surface area contributed by atoms with Crippen LogP contribution in [-0.2, 0) is 20.9 Å². The summed E-state index contributed by atoms with van der Waals surface area (Å²) < 4.78 is 7.29. The van der Waals surface area contributed by atoms with Gasteiger partial charge in [-0.2, -0.15) is 5.10 Å². The summed E-state index contributed by atoms with van der Waals surface area (Å²) in [5, 5.41) is 7.47. The van der Waals surface area contributed by atoms with Crippen LogP contribution in [0.5, 0.6) is 0 Å². The molecule has 1 saturated heterocycles. The van der Waals surface area contributed by atoms with Gasteiger partial charge in [-0.05, 0) is 37.7 Å². The van der Waals surface area contributed by atoms with E-state index in [2.05, 4.69) is 10.4 Å². The number of hydrogen-bond acceptors (Lipinski definition) is 4. The largest absolute Gasteiger partial charge is 0.381 e. The molecule has 1 aliphatic carbocycles. The molecular formula is C19H28N4O3. The number of amides is 2. The maximum absolute atomic E-state index is 12.7. The Bertz CT molecular complexity index is 649. The lowest BCUT2D eigenvalue weighted by Crippen LogP contribution is -2.46. The summed E-state index contributed by atoms with van der Waals surface area (Å²) in [6.07, 6.45) is 7.31. The maximum atomic E-state index is 12.7. The molecule has 2 aliphatic heterocycles. The van der Waals surface area contributed by atoms with Crippen LogP contribution in [0.4, 0.5) is 0 Å². The molecule has 0 radical (unpaired) electrons. The predicted octanol–water partition coefficient (Wildman–Crippen LogP) is 1.50. The molecule has 0 aromatic carbocycles. The lowest BCUT2D eigenvalue weighted by Gasteiger charge is -2.37. The molecule has 1 aromatic rings. The third-order valence-electron chi connectivity index (χ3n) is 6.00. The highest BCUT2D eigenvalue weighted by molar-refractivity contribution is 5.80. The van der Waals surface area contributed by atoms with E-state index in [1.54, 1.807) is 6.20 Å². The van der Waals surface area contributed by atoms with Crippen LogP contribution in [0.15, 0.2) is 12.3 Å². The van der Waals surface area contributed by atoms with Crippen molar-refractivity contribution in [3.63, 3.8) is 0 Å². The van der Waals surface area contributed by atoms with E-state index in [0.29, 0.717) is 32.0 Å². The maximum Gasteiger partial charge on any atom is 0.226 e. The Balaban J connectivity index is 1.35. The highest BCUT2D eigenvalue weighted by Crippen LogP contribution is 2.31. The van der Waals surface area contributed by atoms with E-state index in [1.807, 2.05) is 15.6 Å². The van der Waals surface area contributed by atoms with Crippen LogP contribution < -0.4 is 5.32 Å². The molecule has 142 valence electrons. The van der Waals surface area contributed by atoms with Crippen LogP contribution in [0.3, 0.4) is 0 Å². The molecule has 26 heavy (non-hydrogen) atoms. The quantitative estimate of drug-likeness (QED) is 0.863. The third kappa shape index (κ3) is 3.77. The minimum absolute atomic E-state index is 0.0425. The van der Waals surface area contributed by atoms with Crippen molar-refractivity contribution in [1.82, 2.24) is 20.0 Å². The Morgan fingerprint density at radius 2 is 2.04 bits per heavy atom. The number of hydrogen-bond donors (Lipinski definition) is 1. The number of aromatic nitrogens is 2. The van der Waals surface area contributed by atoms with Crippen molar-refractivity contribution in [2.45, 2.75) is 51.1 Å². The summed E-state index contributed by atoms with van der Waals surface area (Å²) in [6.45, 7) is 3.48. The topological polar surface area (TPSA) is 76.5 Å². The minimum atomic E-state index is -0.0764. The van der Waals surface area contributed by atoms with Gasteiger partial charge in [0.1, 0.15) is 0 Å². The van der Waals surface area contributed by atoms with Crippen LogP contribution in [0.2, 0.25) is 0 Å². The van der Waals surface area contributed by atoms with Gasteiger partial charge < -0.3 is 15.0 Å². The molecule has 7 nitrogen and oxygen atoms in total. The second-order valence-electron chi connectivity index (χ2n) is 7.83. The SMILES string of the molecule is O=C(C[C@@H]1CN(C(=O)C2CCC2)Cc2ccnn21)NCC1CCOCC1. The molecule has 0 spiro atoms. The van der Waals surface area contributed by atoms with E-state index >= 15 is 0 Å². The van der Waals surface area contributed by atoms with E-state index in [0.717, 1.165) is 51.0 Å². The molecule has 0 unspecified atom stereocenters. The highest BCUT2D eigenvalue weighted by Gasteiger charge is 2.35. The molecule has 2 fully saturated rings. The molecule has 2 amide bonds. The van der Waals surface area contributed by atoms with E-state index in [-0.39, 0.29) is 23.8 Å². The zero-order valence-electron chi connectivity index (χ0n) is 15.2. The van der Waals surface area contributed by atoms with Gasteiger partial charge in [0.2, 0.25) is 11.8 Å². The van der Waals surface area contributed by atoms with Crippen molar-refractivity contribution in [3.8, 4) is 0 Å². The van der Waals surface area contributed by atoms with E-state index in [1.165, 1.54) is 0 Å². The molecule has 4 rings (SSSR count). The number of ether oxygens (including phenoxy) is 1. The molecule has 1 saturated carbocycles. The van der Waals surface area contributed by atoms with Gasteiger partial charge >= 0.3 is 0 Å². The molecule has 3 heterocycles. The van der Waals surface area contributed by atoms with Gasteiger partial charge in [0.15, 0.2) is 0 Å². The Kier molecular flexibility index (Phi) is 5.24. The highest BCUT2D eigenvalue weighted by atomic mass is 16.5. The molecule has 0 bridgehead atoms. The smallest absolute Gasteiger partial charge is 0.226 e. The molecule has 1 aromatic heterocycles. The minimum Gasteiger partial charge on any atom is -0.381 e. The first-order valence-corrected chi connectivity index (χ1v) is 9.86. The average Bonchev–Trinajstić information content (AvgIpc) is 3.08. The van der Waals surface area contributed by atoms with Gasteiger partial charge in [-0.25, -0.2) is 0 Å². The first-order valence-electron chi connectivity index (χ1n) is 9.86. The summed E-state index contributed by atoms with van der Waals surface area (Å²) in [4.78, 5) is 27.1. The third-order valence-corrected chi connectivity index (χ3v) is 6.00. The Morgan fingerprint density at radius 3 is 2.77 bits per heavy atom. The summed E-state index contributed by atoms with van der Waals surface area (Å²) in [6, 6.07) is 1.88. The Hall–Kier alpha value is -1.89. The number of carbonyl (C=O) groups is 2. The zero-order chi connectivity index (χ0) is 17.9. The first-order chi connectivity index (χ1) is 12.7. The van der Waals surface area contributed by atoms with Crippen LogP contribution >= 0.6 is 0 Å². The van der Waals surface area contributed by atoms with E-state index < -0.39 is 0 Å². The van der Waals surface area contributed by atoms with Crippen molar-refractivity contribution in [1.29, 1.82) is 0 Å². The molecule has 1 N–H and O–H groups in total. The lowest BCUT2D eigenvalue weighted by atomic mass is 9.84. The Labute approximate surface area is 154 Å². The predicted molar refractivity (Wildman–Crippen MR) is 95.2 cm³/mol. The summed E-state index contributed by atoms with van der Waals surface area (Å²) in [5.41, 5.74) is 1.02. The van der Waals surface area contributed by atoms with Crippen molar-refractivity contribution in [3.05, 3.63) is 18.0 Å². The fraction of sp³-hybridized carbons (Fsp3) is 0.737. The molecule has 3 aliphatic rings. The van der Waals surface area contributed by atoms with Crippen LogP contribution in [0.1, 0.15) is 50.3 Å². The number of nitrogens with one attached hydrogen (secondary N) is 1. The monoisotopic (exact) mass is 360 g/mol. The summed E-state index contributed by atoms with van der Waals surface area (Å²) in [5.74, 6) is 0.987. The lowest BCUT2D eigenvalue weighted by molar-refractivity contribution is -0.141. The molecule has 1 atom stereocenters. The number of nitrogens with zero attached hydrogens (tertiary/aromatic N) is 3. The average molecular weight is 360 g/mol. The number of rotatable bonds is 5. The van der Waals surface area contributed by atoms with Crippen LogP contribution in [-0.4, -0.2) is 52.8 Å². The number of fused-ring (bicyclic) bond motifs is 1. The molecular weight excluding hydrogens is 332 g/mol. The zero-order valence-corrected chi connectivity index (χ0v) is 15.2. The second-order valence-corrected chi connectivity index (χ2v) is 7.83. The van der Waals surface area contributed by atoms with E-state index in [9.17, 15) is 9.59 Å². The van der Waals surface area contributed by atoms with Crippen LogP contribution in [0, 0.1) is 11.8 Å². The van der Waals surface area contributed by atoms with E-state index in [4.69, 9.17) is 4.74 Å². The van der Waals surface area contributed by atoms with Crippen LogP contribution in [0.25, 0.3) is 0 Å². The van der Waals surface area contributed by atoms with Gasteiger partial charge in [-0.15, -0.1) is 0 Å². The van der Waals surface area contributed by atoms with Gasteiger partial charge in [0.05, 0.1) is 24.7 Å². The second kappa shape index (κ2) is 7.78. The van der Waals surface area contributed by atoms with Gasteiger partial charge in [0, 0.05) is 38.4 Å². The van der Waals surface area contributed by atoms with Gasteiger partial charge in [-0.1, -0.05) is 6.42 Å². The Morgan fingerprint density at radius 1 is 1.23 bits per heavy atom. The molecule has 7 heteroatoms.